The Labute approximate surface area is 210 Å². The molecule has 1 fully saturated rings. The molecule has 0 atom stereocenters. The molecule has 1 aliphatic heterocycles. The number of carbonyl (C=O) groups excluding carboxylic acids is 3. The molecule has 178 valence electrons. The zero-order chi connectivity index (χ0) is 24.9. The predicted molar refractivity (Wildman–Crippen MR) is 135 cm³/mol. The van der Waals surface area contributed by atoms with E-state index in [9.17, 15) is 18.8 Å². The summed E-state index contributed by atoms with van der Waals surface area (Å²) in [5.74, 6) is -0.740. The summed E-state index contributed by atoms with van der Waals surface area (Å²) in [4.78, 5) is 38.6. The summed E-state index contributed by atoms with van der Waals surface area (Å²) in [5.41, 5.74) is 2.90. The third kappa shape index (κ3) is 6.29. The fraction of sp³-hybridized carbons (Fsp3) is 0.115. The Hall–Kier alpha value is -3.62. The maximum atomic E-state index is 13.3. The van der Waals surface area contributed by atoms with Crippen LogP contribution < -0.4 is 10.1 Å². The zero-order valence-corrected chi connectivity index (χ0v) is 20.2. The van der Waals surface area contributed by atoms with Crippen LogP contribution in [0.3, 0.4) is 0 Å². The first-order valence-corrected chi connectivity index (χ1v) is 11.8. The highest BCUT2D eigenvalue weighted by Gasteiger charge is 2.35. The maximum Gasteiger partial charge on any atom is 0.293 e. The van der Waals surface area contributed by atoms with Crippen molar-refractivity contribution in [2.45, 2.75) is 13.5 Å². The van der Waals surface area contributed by atoms with Gasteiger partial charge in [0, 0.05) is 10.7 Å². The summed E-state index contributed by atoms with van der Waals surface area (Å²) in [5, 5.41) is 2.49. The van der Waals surface area contributed by atoms with Crippen LogP contribution in [0, 0.1) is 12.7 Å². The number of nitrogens with one attached hydrogen (secondary N) is 1. The van der Waals surface area contributed by atoms with Crippen molar-refractivity contribution in [3.63, 3.8) is 0 Å². The van der Waals surface area contributed by atoms with Gasteiger partial charge in [-0.05, 0) is 77.9 Å². The van der Waals surface area contributed by atoms with Crippen LogP contribution in [-0.4, -0.2) is 28.6 Å². The van der Waals surface area contributed by atoms with Crippen LogP contribution >= 0.6 is 23.4 Å². The first-order chi connectivity index (χ1) is 16.8. The second kappa shape index (κ2) is 10.8. The van der Waals surface area contributed by atoms with Crippen molar-refractivity contribution in [3.8, 4) is 5.75 Å². The molecule has 4 rings (SSSR count). The van der Waals surface area contributed by atoms with Gasteiger partial charge in [0.1, 0.15) is 11.6 Å². The molecule has 35 heavy (non-hydrogen) atoms. The number of thioether (sulfide) groups is 1. The molecular weight excluding hydrogens is 491 g/mol. The quantitative estimate of drug-likeness (QED) is 0.392. The second-order valence-electron chi connectivity index (χ2n) is 7.78. The van der Waals surface area contributed by atoms with Crippen molar-refractivity contribution in [3.05, 3.63) is 99.2 Å². The Balaban J connectivity index is 1.35. The number of halogens is 2. The number of amides is 3. The Morgan fingerprint density at radius 3 is 2.60 bits per heavy atom. The van der Waals surface area contributed by atoms with Crippen LogP contribution in [0.5, 0.6) is 5.75 Å². The van der Waals surface area contributed by atoms with E-state index in [1.165, 1.54) is 12.1 Å². The lowest BCUT2D eigenvalue weighted by atomic mass is 10.2. The van der Waals surface area contributed by atoms with Crippen molar-refractivity contribution < 1.29 is 23.5 Å². The molecule has 3 aromatic rings. The third-order valence-corrected chi connectivity index (χ3v) is 6.33. The number of nitrogens with zero attached hydrogens (tertiary/aromatic N) is 1. The number of hydrogen-bond donors (Lipinski definition) is 1. The number of carbonyl (C=O) groups is 3. The topological polar surface area (TPSA) is 75.7 Å². The average molecular weight is 511 g/mol. The molecule has 0 bridgehead atoms. The lowest BCUT2D eigenvalue weighted by Crippen LogP contribution is -2.27. The normalized spacial score (nSPS) is 14.5. The number of hydrogen-bond acceptors (Lipinski definition) is 5. The molecule has 0 aromatic heterocycles. The molecule has 0 spiro atoms. The second-order valence-corrected chi connectivity index (χ2v) is 9.18. The highest BCUT2D eigenvalue weighted by Crippen LogP contribution is 2.34. The van der Waals surface area contributed by atoms with E-state index < -0.39 is 17.0 Å². The molecule has 1 saturated heterocycles. The van der Waals surface area contributed by atoms with E-state index in [-0.39, 0.29) is 29.0 Å². The largest absolute Gasteiger partial charge is 0.484 e. The predicted octanol–water partition coefficient (Wildman–Crippen LogP) is 6.04. The third-order valence-electron chi connectivity index (χ3n) is 5.07. The number of imide groups is 1. The van der Waals surface area contributed by atoms with Crippen molar-refractivity contribution in [2.24, 2.45) is 0 Å². The lowest BCUT2D eigenvalue weighted by molar-refractivity contribution is -0.123. The molecule has 3 aromatic carbocycles. The zero-order valence-electron chi connectivity index (χ0n) is 18.6. The summed E-state index contributed by atoms with van der Waals surface area (Å²) in [6.07, 6.45) is 1.60. The van der Waals surface area contributed by atoms with Crippen LogP contribution in [0.25, 0.3) is 6.08 Å². The van der Waals surface area contributed by atoms with Gasteiger partial charge in [-0.2, -0.15) is 0 Å². The molecule has 0 aliphatic carbocycles. The summed E-state index contributed by atoms with van der Waals surface area (Å²) in [6, 6.07) is 18.1. The Morgan fingerprint density at radius 2 is 1.89 bits per heavy atom. The lowest BCUT2D eigenvalue weighted by Gasteiger charge is -2.13. The van der Waals surface area contributed by atoms with E-state index in [4.69, 9.17) is 16.3 Å². The van der Waals surface area contributed by atoms with Gasteiger partial charge in [0.25, 0.3) is 17.1 Å². The van der Waals surface area contributed by atoms with Gasteiger partial charge in [-0.25, -0.2) is 4.39 Å². The van der Waals surface area contributed by atoms with Gasteiger partial charge < -0.3 is 10.1 Å². The molecule has 6 nitrogen and oxygen atoms in total. The molecule has 1 heterocycles. The van der Waals surface area contributed by atoms with Gasteiger partial charge in [-0.15, -0.1) is 0 Å². The standard InChI is InChI=1S/C26H20ClFN2O4S/c1-16-3-2-4-20(11-16)29-24(31)15-34-21-9-5-17(6-10-21)12-23-25(32)30(26(33)35-23)14-18-7-8-19(28)13-22(18)27/h2-13H,14-15H2,1H3,(H,29,31)/b23-12+. The van der Waals surface area contributed by atoms with E-state index in [2.05, 4.69) is 5.32 Å². The molecule has 1 N–H and O–H groups in total. The minimum Gasteiger partial charge on any atom is -0.484 e. The molecule has 0 unspecified atom stereocenters. The summed E-state index contributed by atoms with van der Waals surface area (Å²) in [6.45, 7) is 1.74. The number of aryl methyl sites for hydroxylation is 1. The van der Waals surface area contributed by atoms with Gasteiger partial charge >= 0.3 is 0 Å². The van der Waals surface area contributed by atoms with E-state index in [0.29, 0.717) is 22.6 Å². The number of rotatable bonds is 7. The molecule has 0 radical (unpaired) electrons. The van der Waals surface area contributed by atoms with Crippen LogP contribution in [0.15, 0.2) is 71.6 Å². The van der Waals surface area contributed by atoms with Crippen molar-refractivity contribution in [2.75, 3.05) is 11.9 Å². The fourth-order valence-electron chi connectivity index (χ4n) is 3.34. The minimum atomic E-state index is -0.493. The average Bonchev–Trinajstić information content (AvgIpc) is 3.07. The molecule has 9 heteroatoms. The van der Waals surface area contributed by atoms with Crippen LogP contribution in [-0.2, 0) is 16.1 Å². The molecule has 1 aliphatic rings. The highest BCUT2D eigenvalue weighted by molar-refractivity contribution is 8.18. The van der Waals surface area contributed by atoms with E-state index in [0.717, 1.165) is 28.3 Å². The van der Waals surface area contributed by atoms with E-state index in [1.54, 1.807) is 36.4 Å². The first kappa shape index (κ1) is 24.5. The summed E-state index contributed by atoms with van der Waals surface area (Å²) >= 11 is 6.85. The summed E-state index contributed by atoms with van der Waals surface area (Å²) in [7, 11) is 0. The molecule has 0 saturated carbocycles. The van der Waals surface area contributed by atoms with Crippen LogP contribution in [0.1, 0.15) is 16.7 Å². The molecular formula is C26H20ClFN2O4S. The Morgan fingerprint density at radius 1 is 1.11 bits per heavy atom. The van der Waals surface area contributed by atoms with Crippen LogP contribution in [0.4, 0.5) is 14.9 Å². The molecule has 3 amide bonds. The fourth-order valence-corrected chi connectivity index (χ4v) is 4.40. The van der Waals surface area contributed by atoms with Gasteiger partial charge in [0.2, 0.25) is 0 Å². The van der Waals surface area contributed by atoms with Gasteiger partial charge in [0.05, 0.1) is 11.4 Å². The smallest absolute Gasteiger partial charge is 0.293 e. The van der Waals surface area contributed by atoms with Crippen molar-refractivity contribution >= 4 is 52.2 Å². The van der Waals surface area contributed by atoms with E-state index in [1.807, 2.05) is 25.1 Å². The highest BCUT2D eigenvalue weighted by atomic mass is 35.5. The monoisotopic (exact) mass is 510 g/mol. The van der Waals surface area contributed by atoms with E-state index >= 15 is 0 Å². The number of ether oxygens (including phenoxy) is 1. The van der Waals surface area contributed by atoms with Gasteiger partial charge in [-0.3, -0.25) is 19.3 Å². The number of anilines is 1. The van der Waals surface area contributed by atoms with Crippen molar-refractivity contribution in [1.29, 1.82) is 0 Å². The Bertz CT molecular complexity index is 1330. The maximum absolute atomic E-state index is 13.3. The van der Waals surface area contributed by atoms with Gasteiger partial charge in [0.15, 0.2) is 6.61 Å². The van der Waals surface area contributed by atoms with Crippen LogP contribution in [0.2, 0.25) is 5.02 Å². The summed E-state index contributed by atoms with van der Waals surface area (Å²) < 4.78 is 18.8. The Kier molecular flexibility index (Phi) is 7.53. The first-order valence-electron chi connectivity index (χ1n) is 10.6. The van der Waals surface area contributed by atoms with Gasteiger partial charge in [-0.1, -0.05) is 41.9 Å². The SMILES string of the molecule is Cc1cccc(NC(=O)COc2ccc(/C=C3/SC(=O)N(Cc4ccc(F)cc4Cl)C3=O)cc2)c1. The minimum absolute atomic E-state index is 0.0431. The number of benzene rings is 3. The van der Waals surface area contributed by atoms with Crippen molar-refractivity contribution in [1.82, 2.24) is 4.90 Å².